The van der Waals surface area contributed by atoms with Crippen molar-refractivity contribution in [1.29, 1.82) is 0 Å². The van der Waals surface area contributed by atoms with E-state index in [9.17, 15) is 0 Å². The lowest BCUT2D eigenvalue weighted by molar-refractivity contribution is 0.233. The van der Waals surface area contributed by atoms with Crippen molar-refractivity contribution in [2.24, 2.45) is 11.8 Å². The highest BCUT2D eigenvalue weighted by molar-refractivity contribution is 5.76. The van der Waals surface area contributed by atoms with Gasteiger partial charge < -0.3 is 14.4 Å². The molecule has 0 saturated heterocycles. The largest absolute Gasteiger partial charge is 0.493 e. The van der Waals surface area contributed by atoms with E-state index in [0.29, 0.717) is 11.8 Å². The van der Waals surface area contributed by atoms with Crippen molar-refractivity contribution in [3.8, 4) is 11.5 Å². The number of benzene rings is 3. The van der Waals surface area contributed by atoms with E-state index in [0.717, 1.165) is 54.6 Å². The first-order valence-corrected chi connectivity index (χ1v) is 14.5. The summed E-state index contributed by atoms with van der Waals surface area (Å²) >= 11 is 0. The van der Waals surface area contributed by atoms with Crippen LogP contribution in [0.3, 0.4) is 0 Å². The second-order valence-electron chi connectivity index (χ2n) is 10.1. The summed E-state index contributed by atoms with van der Waals surface area (Å²) in [6, 6.07) is 27.5. The van der Waals surface area contributed by atoms with E-state index in [1.807, 2.05) is 0 Å². The number of anilines is 3. The van der Waals surface area contributed by atoms with Crippen LogP contribution in [-0.2, 0) is 0 Å². The molecule has 3 aromatic rings. The van der Waals surface area contributed by atoms with Crippen LogP contribution < -0.4 is 14.4 Å². The molecule has 0 aromatic heterocycles. The van der Waals surface area contributed by atoms with Crippen LogP contribution in [0.5, 0.6) is 11.5 Å². The van der Waals surface area contributed by atoms with Crippen LogP contribution in [0, 0.1) is 11.8 Å². The van der Waals surface area contributed by atoms with Gasteiger partial charge in [-0.05, 0) is 85.3 Å². The summed E-state index contributed by atoms with van der Waals surface area (Å²) in [5.41, 5.74) is 3.34. The van der Waals surface area contributed by atoms with Gasteiger partial charge in [0.1, 0.15) is 11.5 Å². The van der Waals surface area contributed by atoms with E-state index in [1.54, 1.807) is 0 Å². The van der Waals surface area contributed by atoms with Gasteiger partial charge in [-0.2, -0.15) is 0 Å². The van der Waals surface area contributed by atoms with Crippen LogP contribution in [0.2, 0.25) is 0 Å². The summed E-state index contributed by atoms with van der Waals surface area (Å²) in [6.45, 7) is 10.6. The highest BCUT2D eigenvalue weighted by Crippen LogP contribution is 2.36. The minimum atomic E-state index is 0.625. The monoisotopic (exact) mass is 501 g/mol. The molecule has 2 atom stereocenters. The fraction of sp³-hybridized carbons (Fsp3) is 0.471. The molecule has 0 N–H and O–H groups in total. The molecule has 1 unspecified atom stereocenters. The molecule has 0 bridgehead atoms. The zero-order valence-electron chi connectivity index (χ0n) is 23.5. The first kappa shape index (κ1) is 28.6. The fourth-order valence-electron chi connectivity index (χ4n) is 4.63. The third kappa shape index (κ3) is 9.14. The summed E-state index contributed by atoms with van der Waals surface area (Å²) < 4.78 is 12.3. The first-order valence-electron chi connectivity index (χ1n) is 14.5. The Morgan fingerprint density at radius 1 is 0.541 bits per heavy atom. The molecule has 0 radical (unpaired) electrons. The second-order valence-corrected chi connectivity index (χ2v) is 10.1. The third-order valence-corrected chi connectivity index (χ3v) is 7.26. The van der Waals surface area contributed by atoms with Crippen molar-refractivity contribution >= 4 is 17.1 Å². The smallest absolute Gasteiger partial charge is 0.119 e. The molecular formula is C34H47NO2. The summed E-state index contributed by atoms with van der Waals surface area (Å²) in [6.07, 6.45) is 9.84. The number of para-hydroxylation sites is 1. The molecule has 3 rings (SSSR count). The summed E-state index contributed by atoms with van der Waals surface area (Å²) in [7, 11) is 0. The quantitative estimate of drug-likeness (QED) is 0.184. The van der Waals surface area contributed by atoms with Crippen LogP contribution in [0.4, 0.5) is 17.1 Å². The molecule has 0 aliphatic carbocycles. The standard InChI is InChI=1S/C34H47NO2/c1-5-9-14-28(7-3)26-36-33-22-18-31(19-23-33)35(30-16-12-11-13-17-30)32-20-24-34(25-21-32)37-27-29(8-4)15-10-6-2/h11-13,16-25,28-29H,5-10,14-15,26-27H2,1-4H3/t28-,29?/m0/s1. The van der Waals surface area contributed by atoms with E-state index in [-0.39, 0.29) is 0 Å². The van der Waals surface area contributed by atoms with Crippen LogP contribution >= 0.6 is 0 Å². The van der Waals surface area contributed by atoms with E-state index in [4.69, 9.17) is 9.47 Å². The van der Waals surface area contributed by atoms with Gasteiger partial charge in [0.25, 0.3) is 0 Å². The van der Waals surface area contributed by atoms with E-state index < -0.39 is 0 Å². The first-order chi connectivity index (χ1) is 18.2. The number of hydrogen-bond donors (Lipinski definition) is 0. The predicted molar refractivity (Wildman–Crippen MR) is 159 cm³/mol. The fourth-order valence-corrected chi connectivity index (χ4v) is 4.63. The number of rotatable bonds is 17. The maximum absolute atomic E-state index is 6.16. The maximum Gasteiger partial charge on any atom is 0.119 e. The molecule has 0 aliphatic heterocycles. The van der Waals surface area contributed by atoms with Gasteiger partial charge in [0, 0.05) is 17.1 Å². The summed E-state index contributed by atoms with van der Waals surface area (Å²) in [5.74, 6) is 3.12. The molecule has 0 aliphatic rings. The normalized spacial score (nSPS) is 12.6. The molecule has 3 nitrogen and oxygen atoms in total. The number of nitrogens with zero attached hydrogens (tertiary/aromatic N) is 1. The summed E-state index contributed by atoms with van der Waals surface area (Å²) in [5, 5.41) is 0. The van der Waals surface area contributed by atoms with Gasteiger partial charge in [0.2, 0.25) is 0 Å². The van der Waals surface area contributed by atoms with Gasteiger partial charge in [-0.1, -0.05) is 84.4 Å². The van der Waals surface area contributed by atoms with E-state index in [2.05, 4.69) is 111 Å². The molecule has 0 fully saturated rings. The zero-order chi connectivity index (χ0) is 26.3. The molecule has 3 heteroatoms. The molecule has 200 valence electrons. The van der Waals surface area contributed by atoms with Gasteiger partial charge in [0.05, 0.1) is 13.2 Å². The number of ether oxygens (including phenoxy) is 2. The highest BCUT2D eigenvalue weighted by atomic mass is 16.5. The Kier molecular flexibility index (Phi) is 12.4. The Labute approximate surface area is 225 Å². The average Bonchev–Trinajstić information content (AvgIpc) is 2.95. The number of hydrogen-bond acceptors (Lipinski definition) is 3. The SMILES string of the molecule is CCCCC(CC)COc1ccc(N(c2ccccc2)c2ccc(OC[C@@H](CC)CCCC)cc2)cc1. The van der Waals surface area contributed by atoms with Gasteiger partial charge in [0.15, 0.2) is 0 Å². The van der Waals surface area contributed by atoms with Gasteiger partial charge in [-0.3, -0.25) is 0 Å². The number of unbranched alkanes of at least 4 members (excludes halogenated alkanes) is 2. The maximum atomic E-state index is 6.16. The summed E-state index contributed by atoms with van der Waals surface area (Å²) in [4.78, 5) is 2.28. The molecule has 0 heterocycles. The van der Waals surface area contributed by atoms with Crippen molar-refractivity contribution < 1.29 is 9.47 Å². The van der Waals surface area contributed by atoms with Gasteiger partial charge >= 0.3 is 0 Å². The molecular weight excluding hydrogens is 454 g/mol. The molecule has 0 saturated carbocycles. The predicted octanol–water partition coefficient (Wildman–Crippen LogP) is 10.3. The van der Waals surface area contributed by atoms with Gasteiger partial charge in [-0.25, -0.2) is 0 Å². The minimum Gasteiger partial charge on any atom is -0.493 e. The molecule has 0 spiro atoms. The second kappa shape index (κ2) is 16.0. The van der Waals surface area contributed by atoms with Crippen LogP contribution in [-0.4, -0.2) is 13.2 Å². The Morgan fingerprint density at radius 3 is 1.32 bits per heavy atom. The van der Waals surface area contributed by atoms with Crippen molar-refractivity contribution in [3.63, 3.8) is 0 Å². The average molecular weight is 502 g/mol. The Morgan fingerprint density at radius 2 is 0.946 bits per heavy atom. The van der Waals surface area contributed by atoms with Crippen molar-refractivity contribution in [1.82, 2.24) is 0 Å². The zero-order valence-corrected chi connectivity index (χ0v) is 23.5. The lowest BCUT2D eigenvalue weighted by atomic mass is 10.0. The third-order valence-electron chi connectivity index (χ3n) is 7.26. The Balaban J connectivity index is 1.72. The molecule has 3 aromatic carbocycles. The van der Waals surface area contributed by atoms with Gasteiger partial charge in [-0.15, -0.1) is 0 Å². The lowest BCUT2D eigenvalue weighted by Crippen LogP contribution is -2.12. The van der Waals surface area contributed by atoms with Crippen LogP contribution in [0.25, 0.3) is 0 Å². The topological polar surface area (TPSA) is 21.7 Å². The van der Waals surface area contributed by atoms with Crippen molar-refractivity contribution in [2.75, 3.05) is 18.1 Å². The van der Waals surface area contributed by atoms with Crippen LogP contribution in [0.15, 0.2) is 78.9 Å². The van der Waals surface area contributed by atoms with E-state index >= 15 is 0 Å². The molecule has 37 heavy (non-hydrogen) atoms. The Hall–Kier alpha value is -2.94. The van der Waals surface area contributed by atoms with E-state index in [1.165, 1.54) is 38.5 Å². The van der Waals surface area contributed by atoms with Crippen molar-refractivity contribution in [3.05, 3.63) is 78.9 Å². The van der Waals surface area contributed by atoms with Crippen molar-refractivity contribution in [2.45, 2.75) is 79.1 Å². The molecule has 0 amide bonds. The highest BCUT2D eigenvalue weighted by Gasteiger charge is 2.14. The minimum absolute atomic E-state index is 0.625. The Bertz CT molecular complexity index is 921. The van der Waals surface area contributed by atoms with Crippen LogP contribution in [0.1, 0.15) is 79.1 Å². The lowest BCUT2D eigenvalue weighted by Gasteiger charge is -2.26.